The summed E-state index contributed by atoms with van der Waals surface area (Å²) in [5, 5.41) is 19.0. The van der Waals surface area contributed by atoms with E-state index in [2.05, 4.69) is 31.4 Å². The van der Waals surface area contributed by atoms with Crippen molar-refractivity contribution < 1.29 is 24.3 Å². The van der Waals surface area contributed by atoms with Gasteiger partial charge in [-0.2, -0.15) is 5.06 Å². The smallest absolute Gasteiger partial charge is 0.251 e. The maximum absolute atomic E-state index is 14.3. The highest BCUT2D eigenvalue weighted by Crippen LogP contribution is 2.61. The molecule has 0 aromatic heterocycles. The highest BCUT2D eigenvalue weighted by molar-refractivity contribution is 5.97. The van der Waals surface area contributed by atoms with Crippen molar-refractivity contribution in [2.24, 2.45) is 29.1 Å². The molecular formula is C37H55N5O5. The number of nitrogens with zero attached hydrogens (tertiary/aromatic N) is 3. The summed E-state index contributed by atoms with van der Waals surface area (Å²) >= 11 is 0. The summed E-state index contributed by atoms with van der Waals surface area (Å²) in [6.45, 7) is 9.58. The molecule has 3 N–H and O–H groups in total. The predicted octanol–water partition coefficient (Wildman–Crippen LogP) is 4.02. The number of benzene rings is 2. The van der Waals surface area contributed by atoms with Gasteiger partial charge in [0.2, 0.25) is 5.91 Å². The van der Waals surface area contributed by atoms with E-state index in [1.807, 2.05) is 74.4 Å². The van der Waals surface area contributed by atoms with Gasteiger partial charge in [-0.3, -0.25) is 14.4 Å². The van der Waals surface area contributed by atoms with Gasteiger partial charge in [-0.15, -0.1) is 0 Å². The third-order valence-electron chi connectivity index (χ3n) is 11.3. The second kappa shape index (κ2) is 13.7. The highest BCUT2D eigenvalue weighted by Gasteiger charge is 2.57. The van der Waals surface area contributed by atoms with E-state index in [0.717, 1.165) is 28.8 Å². The number of aliphatic hydroxyl groups excluding tert-OH is 1. The standard InChI is InChI=1S/C37H55N5O5/c1-21-29-17-26(37(29,3)4)18-30(21)39-36(45)33-32(22(2)43)31(20-40(6)7)47-42(33)19-23-12-11-13-28(34(23)46-10)24-14-25(35(44)38-5)16-27(15-24)41(8)9/h11-16,21-22,26,29-33,43H,17-20H2,1-10H3,(H,38,44)(H,39,45)/t21-,22-,26-,29+,30-,31-,32+,33-/m0/s1. The lowest BCUT2D eigenvalue weighted by atomic mass is 9.45. The molecule has 2 aromatic carbocycles. The van der Waals surface area contributed by atoms with Gasteiger partial charge >= 0.3 is 0 Å². The number of nitrogens with one attached hydrogen (secondary N) is 2. The summed E-state index contributed by atoms with van der Waals surface area (Å²) in [5.74, 6) is 1.53. The summed E-state index contributed by atoms with van der Waals surface area (Å²) in [6, 6.07) is 11.1. The van der Waals surface area contributed by atoms with E-state index in [4.69, 9.17) is 9.57 Å². The zero-order chi connectivity index (χ0) is 34.4. The van der Waals surface area contributed by atoms with Crippen LogP contribution < -0.4 is 20.3 Å². The highest BCUT2D eigenvalue weighted by atomic mass is 16.7. The lowest BCUT2D eigenvalue weighted by Gasteiger charge is -2.62. The molecule has 1 heterocycles. The first-order valence-electron chi connectivity index (χ1n) is 16.9. The topological polar surface area (TPSA) is 107 Å². The van der Waals surface area contributed by atoms with Crippen LogP contribution in [0.15, 0.2) is 36.4 Å². The Hall–Kier alpha value is -3.18. The SMILES string of the molecule is CNC(=O)c1cc(-c2cccc(CN3O[C@@H](CN(C)C)[C@@H]([C@H](C)O)[C@H]3C(=O)N[C@H]3C[C@@H]4C[C@H]([C@@H]3C)C4(C)C)c2OC)cc(N(C)C)c1. The quantitative estimate of drug-likeness (QED) is 0.336. The van der Waals surface area contributed by atoms with E-state index in [9.17, 15) is 14.7 Å². The number of carbonyl (C=O) groups excluding carboxylic acids is 2. The van der Waals surface area contributed by atoms with E-state index in [-0.39, 0.29) is 30.5 Å². The van der Waals surface area contributed by atoms with E-state index >= 15 is 0 Å². The van der Waals surface area contributed by atoms with Gasteiger partial charge in [0, 0.05) is 62.0 Å². The van der Waals surface area contributed by atoms with Crippen molar-refractivity contribution in [2.75, 3.05) is 53.8 Å². The third-order valence-corrected chi connectivity index (χ3v) is 11.3. The lowest BCUT2D eigenvalue weighted by Crippen LogP contribution is -2.62. The average molecular weight is 650 g/mol. The largest absolute Gasteiger partial charge is 0.496 e. The summed E-state index contributed by atoms with van der Waals surface area (Å²) < 4.78 is 6.05. The molecule has 0 radical (unpaired) electrons. The van der Waals surface area contributed by atoms with Crippen molar-refractivity contribution in [1.82, 2.24) is 20.6 Å². The summed E-state index contributed by atoms with van der Waals surface area (Å²) in [6.07, 6.45) is 1.07. The van der Waals surface area contributed by atoms with Gasteiger partial charge in [0.15, 0.2) is 0 Å². The minimum Gasteiger partial charge on any atom is -0.496 e. The molecule has 0 spiro atoms. The molecule has 2 aromatic rings. The number of amides is 2. The number of rotatable bonds is 11. The molecule has 2 bridgehead atoms. The second-order valence-electron chi connectivity index (χ2n) is 15.1. The zero-order valence-corrected chi connectivity index (χ0v) is 29.8. The van der Waals surface area contributed by atoms with Crippen molar-refractivity contribution in [2.45, 2.75) is 71.4 Å². The van der Waals surface area contributed by atoms with Crippen LogP contribution in [0, 0.1) is 29.1 Å². The average Bonchev–Trinajstić information content (AvgIpc) is 3.37. The van der Waals surface area contributed by atoms with Crippen LogP contribution in [0.5, 0.6) is 5.75 Å². The number of hydrogen-bond acceptors (Lipinski definition) is 8. The monoisotopic (exact) mass is 649 g/mol. The maximum Gasteiger partial charge on any atom is 0.251 e. The Morgan fingerprint density at radius 2 is 1.87 bits per heavy atom. The third kappa shape index (κ3) is 6.75. The zero-order valence-electron chi connectivity index (χ0n) is 29.8. The van der Waals surface area contributed by atoms with Crippen LogP contribution in [0.25, 0.3) is 11.1 Å². The molecule has 10 nitrogen and oxygen atoms in total. The molecule has 47 heavy (non-hydrogen) atoms. The van der Waals surface area contributed by atoms with Crippen molar-refractivity contribution in [3.05, 3.63) is 47.5 Å². The van der Waals surface area contributed by atoms with Crippen LogP contribution in [-0.4, -0.2) is 100 Å². The minimum atomic E-state index is -0.762. The predicted molar refractivity (Wildman–Crippen MR) is 185 cm³/mol. The van der Waals surface area contributed by atoms with Crippen LogP contribution >= 0.6 is 0 Å². The van der Waals surface area contributed by atoms with E-state index in [0.29, 0.717) is 41.0 Å². The van der Waals surface area contributed by atoms with Crippen molar-refractivity contribution in [3.63, 3.8) is 0 Å². The molecule has 1 aliphatic heterocycles. The van der Waals surface area contributed by atoms with Gasteiger partial charge in [-0.05, 0) is 80.8 Å². The number of likely N-dealkylation sites (N-methyl/N-ethyl adjacent to an activating group) is 1. The number of hydrogen-bond donors (Lipinski definition) is 3. The van der Waals surface area contributed by atoms with Gasteiger partial charge in [0.1, 0.15) is 11.8 Å². The van der Waals surface area contributed by atoms with Crippen LogP contribution in [0.4, 0.5) is 5.69 Å². The number of para-hydroxylation sites is 1. The molecule has 3 aliphatic carbocycles. The molecule has 8 atom stereocenters. The van der Waals surface area contributed by atoms with Crippen LogP contribution in [0.2, 0.25) is 0 Å². The molecular weight excluding hydrogens is 594 g/mol. The number of aliphatic hydroxyl groups is 1. The lowest BCUT2D eigenvalue weighted by molar-refractivity contribution is -0.179. The van der Waals surface area contributed by atoms with E-state index < -0.39 is 18.1 Å². The number of ether oxygens (including phenoxy) is 1. The molecule has 4 aliphatic rings. The second-order valence-corrected chi connectivity index (χ2v) is 15.1. The molecule has 258 valence electrons. The number of hydroxylamine groups is 2. The van der Waals surface area contributed by atoms with Crippen molar-refractivity contribution >= 4 is 17.5 Å². The first-order chi connectivity index (χ1) is 22.2. The Morgan fingerprint density at radius 3 is 2.45 bits per heavy atom. The van der Waals surface area contributed by atoms with E-state index in [1.54, 1.807) is 26.1 Å². The van der Waals surface area contributed by atoms with Crippen LogP contribution in [0.1, 0.15) is 56.5 Å². The first kappa shape index (κ1) is 35.1. The Morgan fingerprint density at radius 1 is 1.15 bits per heavy atom. The van der Waals surface area contributed by atoms with Crippen LogP contribution in [-0.2, 0) is 16.2 Å². The molecule has 6 rings (SSSR count). The molecule has 4 fully saturated rings. The Balaban J connectivity index is 1.49. The normalized spacial score (nSPS) is 28.8. The summed E-state index contributed by atoms with van der Waals surface area (Å²) in [4.78, 5) is 37.6. The Bertz CT molecular complexity index is 1460. The Kier molecular flexibility index (Phi) is 10.3. The number of anilines is 1. The molecule has 3 saturated carbocycles. The van der Waals surface area contributed by atoms with Gasteiger partial charge in [-0.1, -0.05) is 39.0 Å². The first-order valence-corrected chi connectivity index (χ1v) is 16.9. The number of methoxy groups -OCH3 is 1. The van der Waals surface area contributed by atoms with Gasteiger partial charge < -0.3 is 30.3 Å². The van der Waals surface area contributed by atoms with E-state index in [1.165, 1.54) is 6.42 Å². The molecule has 2 amide bonds. The molecule has 1 saturated heterocycles. The summed E-state index contributed by atoms with van der Waals surface area (Å²) in [5.41, 5.74) is 4.25. The maximum atomic E-state index is 14.3. The van der Waals surface area contributed by atoms with Crippen molar-refractivity contribution in [3.8, 4) is 16.9 Å². The fraction of sp³-hybridized carbons (Fsp3) is 0.622. The number of carbonyl (C=O) groups is 2. The van der Waals surface area contributed by atoms with Gasteiger partial charge in [0.25, 0.3) is 5.91 Å². The fourth-order valence-electron chi connectivity index (χ4n) is 8.49. The Labute approximate surface area is 280 Å². The minimum absolute atomic E-state index is 0.0972. The molecule has 0 unspecified atom stereocenters. The van der Waals surface area contributed by atoms with Crippen molar-refractivity contribution in [1.29, 1.82) is 0 Å². The fourth-order valence-corrected chi connectivity index (χ4v) is 8.49. The summed E-state index contributed by atoms with van der Waals surface area (Å²) in [7, 11) is 11.1. The van der Waals surface area contributed by atoms with Gasteiger partial charge in [0.05, 0.1) is 25.9 Å². The number of fused-ring (bicyclic) bond motifs is 2. The molecule has 10 heteroatoms. The van der Waals surface area contributed by atoms with Crippen LogP contribution in [0.3, 0.4) is 0 Å². The van der Waals surface area contributed by atoms with Gasteiger partial charge in [-0.25, -0.2) is 0 Å².